The van der Waals surface area contributed by atoms with Crippen molar-refractivity contribution in [3.8, 4) is 0 Å². The summed E-state index contributed by atoms with van der Waals surface area (Å²) in [6.07, 6.45) is -4.02. The molecule has 0 spiro atoms. The monoisotopic (exact) mass is 512 g/mol. The molecule has 0 atom stereocenters. The zero-order valence-electron chi connectivity index (χ0n) is 19.6. The molecule has 194 valence electrons. The van der Waals surface area contributed by atoms with E-state index in [1.807, 2.05) is 12.1 Å². The first-order chi connectivity index (χ1) is 17.2. The maximum Gasteiger partial charge on any atom is 0.422 e. The summed E-state index contributed by atoms with van der Waals surface area (Å²) in [6, 6.07) is 10.0. The van der Waals surface area contributed by atoms with Gasteiger partial charge in [0.2, 0.25) is 0 Å². The van der Waals surface area contributed by atoms with Gasteiger partial charge in [-0.1, -0.05) is 30.3 Å². The van der Waals surface area contributed by atoms with Gasteiger partial charge in [0, 0.05) is 24.8 Å². The van der Waals surface area contributed by atoms with Crippen LogP contribution >= 0.6 is 0 Å². The quantitative estimate of drug-likeness (QED) is 0.317. The lowest BCUT2D eigenvalue weighted by molar-refractivity contribution is -0.208. The Hall–Kier alpha value is -2.62. The zero-order valence-corrected chi connectivity index (χ0v) is 19.6. The molecule has 1 heterocycles. The van der Waals surface area contributed by atoms with Crippen molar-refractivity contribution in [2.24, 2.45) is 5.92 Å². The summed E-state index contributed by atoms with van der Waals surface area (Å²) in [5.74, 6) is -3.60. The Kier molecular flexibility index (Phi) is 8.22. The lowest BCUT2D eigenvalue weighted by Gasteiger charge is -2.29. The summed E-state index contributed by atoms with van der Waals surface area (Å²) in [6.45, 7) is 1.75. The molecule has 3 nitrogen and oxygen atoms in total. The molecule has 1 aliphatic rings. The highest BCUT2D eigenvalue weighted by atomic mass is 19.4. The van der Waals surface area contributed by atoms with Crippen LogP contribution in [0.4, 0.5) is 26.3 Å². The number of methoxy groups -OCH3 is 1. The second kappa shape index (κ2) is 11.2. The summed E-state index contributed by atoms with van der Waals surface area (Å²) in [7, 11) is 1.64. The molecule has 9 heteroatoms. The third-order valence-corrected chi connectivity index (χ3v) is 6.27. The molecular formula is C27H26F6O3. The fourth-order valence-corrected chi connectivity index (χ4v) is 4.42. The van der Waals surface area contributed by atoms with Gasteiger partial charge in [-0.05, 0) is 53.5 Å². The molecular weight excluding hydrogens is 486 g/mol. The Morgan fingerprint density at radius 2 is 1.56 bits per heavy atom. The van der Waals surface area contributed by atoms with Crippen LogP contribution in [0.3, 0.4) is 0 Å². The number of ether oxygens (including phenoxy) is 3. The minimum absolute atomic E-state index is 0.0148. The van der Waals surface area contributed by atoms with Gasteiger partial charge in [-0.3, -0.25) is 0 Å². The number of hydrogen-bond donors (Lipinski definition) is 0. The van der Waals surface area contributed by atoms with Crippen molar-refractivity contribution in [1.82, 2.24) is 0 Å². The summed E-state index contributed by atoms with van der Waals surface area (Å²) in [5, 5.41) is 1.10. The first kappa shape index (κ1) is 26.4. The number of halogens is 6. The van der Waals surface area contributed by atoms with Crippen LogP contribution in [0.25, 0.3) is 10.8 Å². The van der Waals surface area contributed by atoms with Crippen LogP contribution in [0.5, 0.6) is 0 Å². The zero-order chi connectivity index (χ0) is 25.9. The summed E-state index contributed by atoms with van der Waals surface area (Å²) in [4.78, 5) is 0. The van der Waals surface area contributed by atoms with E-state index in [1.165, 1.54) is 0 Å². The molecule has 0 N–H and O–H groups in total. The molecule has 0 aliphatic carbocycles. The fourth-order valence-electron chi connectivity index (χ4n) is 4.42. The topological polar surface area (TPSA) is 27.7 Å². The van der Waals surface area contributed by atoms with Crippen molar-refractivity contribution in [3.63, 3.8) is 0 Å². The molecule has 1 saturated heterocycles. The maximum absolute atomic E-state index is 15.1. The van der Waals surface area contributed by atoms with Crippen LogP contribution in [0.1, 0.15) is 28.7 Å². The summed E-state index contributed by atoms with van der Waals surface area (Å²) >= 11 is 0. The summed E-state index contributed by atoms with van der Waals surface area (Å²) < 4.78 is 97.6. The fraction of sp³-hybridized carbons (Fsp3) is 0.407. The van der Waals surface area contributed by atoms with Crippen LogP contribution in [0, 0.1) is 23.4 Å². The van der Waals surface area contributed by atoms with Gasteiger partial charge in [0.1, 0.15) is 23.0 Å². The highest BCUT2D eigenvalue weighted by molar-refractivity contribution is 5.84. The molecule has 0 unspecified atom stereocenters. The van der Waals surface area contributed by atoms with Gasteiger partial charge in [0.05, 0.1) is 19.8 Å². The van der Waals surface area contributed by atoms with E-state index in [2.05, 4.69) is 0 Å². The van der Waals surface area contributed by atoms with Gasteiger partial charge < -0.3 is 14.2 Å². The molecule has 0 saturated carbocycles. The Morgan fingerprint density at radius 3 is 2.19 bits per heavy atom. The summed E-state index contributed by atoms with van der Waals surface area (Å²) in [5.41, 5.74) is -0.591. The van der Waals surface area contributed by atoms with Gasteiger partial charge in [0.15, 0.2) is 6.29 Å². The number of benzene rings is 3. The molecule has 0 aromatic heterocycles. The van der Waals surface area contributed by atoms with E-state index in [4.69, 9.17) is 14.2 Å². The second-order valence-corrected chi connectivity index (χ2v) is 8.98. The molecule has 0 radical (unpaired) electrons. The van der Waals surface area contributed by atoms with E-state index in [1.54, 1.807) is 25.3 Å². The molecule has 3 aromatic rings. The number of rotatable bonds is 8. The van der Waals surface area contributed by atoms with Gasteiger partial charge in [0.25, 0.3) is 0 Å². The molecule has 1 fully saturated rings. The van der Waals surface area contributed by atoms with Crippen molar-refractivity contribution < 1.29 is 40.6 Å². The van der Waals surface area contributed by atoms with Crippen molar-refractivity contribution >= 4 is 10.8 Å². The van der Waals surface area contributed by atoms with E-state index in [9.17, 15) is 22.0 Å². The normalized spacial score (nSPS) is 18.6. The van der Waals surface area contributed by atoms with Gasteiger partial charge >= 0.3 is 6.18 Å². The SMILES string of the molecule is COCC1COC(CCc2ccc3c(F)c(CCc4cc(F)c(C(F)(F)F)c(F)c4)ccc3c2)OC1. The van der Waals surface area contributed by atoms with E-state index < -0.39 is 29.2 Å². The predicted molar refractivity (Wildman–Crippen MR) is 122 cm³/mol. The van der Waals surface area contributed by atoms with E-state index in [-0.39, 0.29) is 30.6 Å². The van der Waals surface area contributed by atoms with Crippen LogP contribution < -0.4 is 0 Å². The maximum atomic E-state index is 15.1. The van der Waals surface area contributed by atoms with E-state index in [0.29, 0.717) is 61.1 Å². The number of alkyl halides is 3. The Labute approximate surface area is 205 Å². The molecule has 1 aliphatic heterocycles. The lowest BCUT2D eigenvalue weighted by Crippen LogP contribution is -2.34. The van der Waals surface area contributed by atoms with Crippen molar-refractivity contribution in [1.29, 1.82) is 0 Å². The predicted octanol–water partition coefficient (Wildman–Crippen LogP) is 6.63. The largest absolute Gasteiger partial charge is 0.422 e. The second-order valence-electron chi connectivity index (χ2n) is 8.98. The average Bonchev–Trinajstić information content (AvgIpc) is 2.82. The van der Waals surface area contributed by atoms with Gasteiger partial charge in [-0.2, -0.15) is 13.2 Å². The van der Waals surface area contributed by atoms with Gasteiger partial charge in [-0.15, -0.1) is 0 Å². The molecule has 0 amide bonds. The van der Waals surface area contributed by atoms with Crippen molar-refractivity contribution in [2.45, 2.75) is 38.1 Å². The Morgan fingerprint density at radius 1 is 0.861 bits per heavy atom. The smallest absolute Gasteiger partial charge is 0.384 e. The van der Waals surface area contributed by atoms with Gasteiger partial charge in [-0.25, -0.2) is 13.2 Å². The molecule has 0 bridgehead atoms. The first-order valence-electron chi connectivity index (χ1n) is 11.6. The van der Waals surface area contributed by atoms with Crippen LogP contribution in [-0.2, 0) is 39.6 Å². The number of fused-ring (bicyclic) bond motifs is 1. The number of hydrogen-bond acceptors (Lipinski definition) is 3. The molecule has 36 heavy (non-hydrogen) atoms. The Balaban J connectivity index is 1.39. The minimum Gasteiger partial charge on any atom is -0.384 e. The third-order valence-electron chi connectivity index (χ3n) is 6.27. The standard InChI is InChI=1S/C27H26F6O3/c1-34-13-18-14-35-24(36-15-18)9-4-16-3-8-21-20(10-16)7-6-19(26(21)30)5-2-17-11-22(28)25(23(29)12-17)27(31,32)33/h3,6-8,10-12,18,24H,2,4-5,9,13-15H2,1H3. The number of aryl methyl sites for hydroxylation is 3. The van der Waals surface area contributed by atoms with Crippen LogP contribution in [0.2, 0.25) is 0 Å². The lowest BCUT2D eigenvalue weighted by atomic mass is 9.97. The van der Waals surface area contributed by atoms with E-state index >= 15 is 4.39 Å². The van der Waals surface area contributed by atoms with Crippen molar-refractivity contribution in [2.75, 3.05) is 26.9 Å². The minimum atomic E-state index is -5.13. The Bertz CT molecular complexity index is 1180. The van der Waals surface area contributed by atoms with Crippen LogP contribution in [0.15, 0.2) is 42.5 Å². The average molecular weight is 512 g/mol. The molecule has 4 rings (SSSR count). The van der Waals surface area contributed by atoms with Crippen LogP contribution in [-0.4, -0.2) is 33.2 Å². The molecule has 3 aromatic carbocycles. The van der Waals surface area contributed by atoms with Crippen molar-refractivity contribution in [3.05, 3.63) is 82.2 Å². The first-order valence-corrected chi connectivity index (χ1v) is 11.6. The highest BCUT2D eigenvalue weighted by Gasteiger charge is 2.37. The van der Waals surface area contributed by atoms with E-state index in [0.717, 1.165) is 5.56 Å². The highest BCUT2D eigenvalue weighted by Crippen LogP contribution is 2.34. The third kappa shape index (κ3) is 6.19.